The quantitative estimate of drug-likeness (QED) is 0.794. The summed E-state index contributed by atoms with van der Waals surface area (Å²) in [6.07, 6.45) is 0.795. The van der Waals surface area contributed by atoms with Gasteiger partial charge in [-0.2, -0.15) is 0 Å². The molecule has 0 aromatic heterocycles. The average molecular weight is 387 g/mol. The number of halogens is 1. The van der Waals surface area contributed by atoms with Crippen LogP contribution in [0.15, 0.2) is 53.4 Å². The summed E-state index contributed by atoms with van der Waals surface area (Å²) < 4.78 is 0. The Morgan fingerprint density at radius 3 is 2.27 bits per heavy atom. The van der Waals surface area contributed by atoms with Crippen molar-refractivity contribution in [3.8, 4) is 0 Å². The van der Waals surface area contributed by atoms with E-state index in [1.807, 2.05) is 21.9 Å². The van der Waals surface area contributed by atoms with Crippen molar-refractivity contribution in [3.63, 3.8) is 0 Å². The van der Waals surface area contributed by atoms with Crippen LogP contribution < -0.4 is 0 Å². The lowest BCUT2D eigenvalue weighted by atomic mass is 10.1. The summed E-state index contributed by atoms with van der Waals surface area (Å²) in [6.45, 7) is 2.31. The van der Waals surface area contributed by atoms with Crippen molar-refractivity contribution in [2.45, 2.75) is 16.6 Å². The van der Waals surface area contributed by atoms with Crippen LogP contribution in [-0.4, -0.2) is 53.0 Å². The molecule has 1 fully saturated rings. The first kappa shape index (κ1) is 17.4. The van der Waals surface area contributed by atoms with E-state index in [-0.39, 0.29) is 17.1 Å². The van der Waals surface area contributed by atoms with Crippen LogP contribution in [0.3, 0.4) is 0 Å². The van der Waals surface area contributed by atoms with E-state index < -0.39 is 0 Å². The Morgan fingerprint density at radius 1 is 0.923 bits per heavy atom. The second-order valence-corrected chi connectivity index (χ2v) is 8.22. The van der Waals surface area contributed by atoms with Crippen LogP contribution in [0.25, 0.3) is 0 Å². The van der Waals surface area contributed by atoms with Gasteiger partial charge in [-0.25, -0.2) is 0 Å². The molecule has 1 unspecified atom stereocenters. The van der Waals surface area contributed by atoms with E-state index in [1.54, 1.807) is 36.0 Å². The minimum Gasteiger partial charge on any atom is -0.338 e. The molecule has 2 aromatic carbocycles. The maximum atomic E-state index is 12.8. The lowest BCUT2D eigenvalue weighted by Gasteiger charge is -2.35. The third-order valence-corrected chi connectivity index (χ3v) is 6.45. The molecule has 0 saturated carbocycles. The standard InChI is InChI=1S/C20H19ClN2O2S/c21-16-7-5-14(6-8-16)19(24)22-9-11-23(12-10-22)20(25)18-13-15-3-1-2-4-17(15)26-18/h1-8,18H,9-13H2. The molecule has 0 radical (unpaired) electrons. The molecule has 2 aliphatic heterocycles. The topological polar surface area (TPSA) is 40.6 Å². The van der Waals surface area contributed by atoms with E-state index in [1.165, 1.54) is 10.5 Å². The van der Waals surface area contributed by atoms with Gasteiger partial charge >= 0.3 is 0 Å². The Morgan fingerprint density at radius 2 is 1.58 bits per heavy atom. The molecule has 0 aliphatic carbocycles. The Bertz CT molecular complexity index is 807. The van der Waals surface area contributed by atoms with Gasteiger partial charge in [-0.05, 0) is 42.3 Å². The number of carbonyl (C=O) groups is 2. The molecule has 2 aromatic rings. The maximum absolute atomic E-state index is 12.8. The summed E-state index contributed by atoms with van der Waals surface area (Å²) in [4.78, 5) is 30.3. The van der Waals surface area contributed by atoms with E-state index in [0.717, 1.165) is 6.42 Å². The van der Waals surface area contributed by atoms with Gasteiger partial charge in [0, 0.05) is 41.7 Å². The van der Waals surface area contributed by atoms with Crippen LogP contribution in [0.5, 0.6) is 0 Å². The number of carbonyl (C=O) groups excluding carboxylic acids is 2. The number of thioether (sulfide) groups is 1. The monoisotopic (exact) mass is 386 g/mol. The van der Waals surface area contributed by atoms with Crippen LogP contribution in [0.1, 0.15) is 15.9 Å². The lowest BCUT2D eigenvalue weighted by molar-refractivity contribution is -0.132. The Kier molecular flexibility index (Phi) is 4.92. The Labute approximate surface area is 162 Å². The summed E-state index contributed by atoms with van der Waals surface area (Å²) in [6, 6.07) is 15.2. The van der Waals surface area contributed by atoms with Crippen LogP contribution in [0.4, 0.5) is 0 Å². The maximum Gasteiger partial charge on any atom is 0.253 e. The summed E-state index contributed by atoms with van der Waals surface area (Å²) in [5.41, 5.74) is 1.89. The lowest BCUT2D eigenvalue weighted by Crippen LogP contribution is -2.52. The second-order valence-electron chi connectivity index (χ2n) is 6.54. The number of fused-ring (bicyclic) bond motifs is 1. The predicted octanol–water partition coefficient (Wildman–Crippen LogP) is 3.34. The van der Waals surface area contributed by atoms with Crippen molar-refractivity contribution in [1.29, 1.82) is 0 Å². The van der Waals surface area contributed by atoms with Gasteiger partial charge in [-0.15, -0.1) is 11.8 Å². The highest BCUT2D eigenvalue weighted by Crippen LogP contribution is 2.37. The number of benzene rings is 2. The van der Waals surface area contributed by atoms with Crippen LogP contribution >= 0.6 is 23.4 Å². The van der Waals surface area contributed by atoms with E-state index in [9.17, 15) is 9.59 Å². The zero-order valence-corrected chi connectivity index (χ0v) is 15.8. The number of amides is 2. The minimum atomic E-state index is -0.0362. The fourth-order valence-corrected chi connectivity index (χ4v) is 4.83. The van der Waals surface area contributed by atoms with Gasteiger partial charge in [0.15, 0.2) is 0 Å². The van der Waals surface area contributed by atoms with E-state index in [2.05, 4.69) is 12.1 Å². The first-order chi connectivity index (χ1) is 12.6. The van der Waals surface area contributed by atoms with Gasteiger partial charge in [-0.3, -0.25) is 9.59 Å². The SMILES string of the molecule is O=C(c1ccc(Cl)cc1)N1CCN(C(=O)C2Cc3ccccc3S2)CC1. The van der Waals surface area contributed by atoms with Gasteiger partial charge in [0.1, 0.15) is 0 Å². The minimum absolute atomic E-state index is 0.00332. The fraction of sp³-hybridized carbons (Fsp3) is 0.300. The second kappa shape index (κ2) is 7.33. The normalized spacial score (nSPS) is 19.3. The van der Waals surface area contributed by atoms with E-state index in [4.69, 9.17) is 11.6 Å². The van der Waals surface area contributed by atoms with Crippen molar-refractivity contribution in [1.82, 2.24) is 9.80 Å². The number of rotatable bonds is 2. The number of hydrogen-bond donors (Lipinski definition) is 0. The predicted molar refractivity (Wildman–Crippen MR) is 104 cm³/mol. The highest BCUT2D eigenvalue weighted by Gasteiger charge is 2.33. The summed E-state index contributed by atoms with van der Waals surface area (Å²) in [5.74, 6) is 0.182. The Hall–Kier alpha value is -1.98. The molecule has 0 bridgehead atoms. The highest BCUT2D eigenvalue weighted by molar-refractivity contribution is 8.01. The van der Waals surface area contributed by atoms with Crippen LogP contribution in [0.2, 0.25) is 5.02 Å². The highest BCUT2D eigenvalue weighted by atomic mass is 35.5. The van der Waals surface area contributed by atoms with Crippen molar-refractivity contribution in [2.75, 3.05) is 26.2 Å². The van der Waals surface area contributed by atoms with Crippen molar-refractivity contribution < 1.29 is 9.59 Å². The van der Waals surface area contributed by atoms with E-state index in [0.29, 0.717) is 36.8 Å². The van der Waals surface area contributed by atoms with Crippen molar-refractivity contribution >= 4 is 35.2 Å². The summed E-state index contributed by atoms with van der Waals surface area (Å²) >= 11 is 7.54. The molecule has 26 heavy (non-hydrogen) atoms. The van der Waals surface area contributed by atoms with Gasteiger partial charge in [0.2, 0.25) is 5.91 Å². The van der Waals surface area contributed by atoms with Crippen molar-refractivity contribution in [3.05, 3.63) is 64.7 Å². The molecule has 4 rings (SSSR count). The average Bonchev–Trinajstić information content (AvgIpc) is 3.12. The fourth-order valence-electron chi connectivity index (χ4n) is 3.43. The molecular formula is C20H19ClN2O2S. The van der Waals surface area contributed by atoms with E-state index >= 15 is 0 Å². The molecule has 0 N–H and O–H groups in total. The Balaban J connectivity index is 1.34. The molecular weight excluding hydrogens is 368 g/mol. The number of hydrogen-bond acceptors (Lipinski definition) is 3. The van der Waals surface area contributed by atoms with Crippen LogP contribution in [0, 0.1) is 0 Å². The summed E-state index contributed by atoms with van der Waals surface area (Å²) in [7, 11) is 0. The first-order valence-electron chi connectivity index (χ1n) is 8.70. The van der Waals surface area contributed by atoms with Gasteiger partial charge in [0.25, 0.3) is 5.91 Å². The molecule has 2 aliphatic rings. The first-order valence-corrected chi connectivity index (χ1v) is 9.96. The third kappa shape index (κ3) is 3.46. The zero-order chi connectivity index (χ0) is 18.1. The smallest absolute Gasteiger partial charge is 0.253 e. The molecule has 6 heteroatoms. The molecule has 1 atom stereocenters. The van der Waals surface area contributed by atoms with Crippen molar-refractivity contribution in [2.24, 2.45) is 0 Å². The molecule has 2 amide bonds. The molecule has 1 saturated heterocycles. The molecule has 0 spiro atoms. The summed E-state index contributed by atoms with van der Waals surface area (Å²) in [5, 5.41) is 0.581. The zero-order valence-electron chi connectivity index (χ0n) is 14.2. The third-order valence-electron chi connectivity index (χ3n) is 4.89. The van der Waals surface area contributed by atoms with Gasteiger partial charge in [-0.1, -0.05) is 29.8 Å². The number of nitrogens with zero attached hydrogens (tertiary/aromatic N) is 2. The number of piperazine rings is 1. The molecule has 2 heterocycles. The van der Waals surface area contributed by atoms with Gasteiger partial charge in [0.05, 0.1) is 5.25 Å². The van der Waals surface area contributed by atoms with Gasteiger partial charge < -0.3 is 9.80 Å². The van der Waals surface area contributed by atoms with Crippen LogP contribution in [-0.2, 0) is 11.2 Å². The molecule has 134 valence electrons. The largest absolute Gasteiger partial charge is 0.338 e. The molecule has 4 nitrogen and oxygen atoms in total.